The maximum absolute atomic E-state index is 15.3. The number of nitriles is 1. The van der Waals surface area contributed by atoms with E-state index in [1.165, 1.54) is 48.4 Å². The third-order valence-electron chi connectivity index (χ3n) is 9.33. The van der Waals surface area contributed by atoms with Crippen LogP contribution in [0.2, 0.25) is 5.02 Å². The Labute approximate surface area is 291 Å². The standard InChI is InChI=1S/C35H38ClN5O7S/c1-38(2)33(42)31-5-4-14-40(31)35(28-12-9-26(22-32(28)46-3)48-20-17-39-15-18-47-19-16-39)29-21-25(36)8-13-30(29)41(34(35)43)49(44,45)27-10-6-24(23-37)7-11-27/h6-13,21-22,31H,4-5,14-20H2,1-3H3/t31-,35?/m0/s1. The predicted octanol–water partition coefficient (Wildman–Crippen LogP) is 3.46. The molecule has 14 heteroatoms. The van der Waals surface area contributed by atoms with Crippen molar-refractivity contribution in [3.05, 3.63) is 82.4 Å². The van der Waals surface area contributed by atoms with Crippen LogP contribution in [0.4, 0.5) is 5.69 Å². The summed E-state index contributed by atoms with van der Waals surface area (Å²) in [6.45, 7) is 4.42. The van der Waals surface area contributed by atoms with Crippen molar-refractivity contribution in [1.82, 2.24) is 14.7 Å². The lowest BCUT2D eigenvalue weighted by molar-refractivity contribution is -0.138. The number of likely N-dealkylation sites (tertiary alicyclic amines) is 1. The van der Waals surface area contributed by atoms with Gasteiger partial charge in [0, 0.05) is 62.5 Å². The average Bonchev–Trinajstić information content (AvgIpc) is 3.69. The van der Waals surface area contributed by atoms with Crippen molar-refractivity contribution in [1.29, 1.82) is 5.26 Å². The molecule has 2 fully saturated rings. The molecule has 0 N–H and O–H groups in total. The molecule has 12 nitrogen and oxygen atoms in total. The van der Waals surface area contributed by atoms with Gasteiger partial charge in [-0.05, 0) is 67.4 Å². The molecule has 49 heavy (non-hydrogen) atoms. The Bertz CT molecular complexity index is 1890. The molecule has 3 heterocycles. The van der Waals surface area contributed by atoms with Crippen LogP contribution in [-0.4, -0.2) is 108 Å². The lowest BCUT2D eigenvalue weighted by Crippen LogP contribution is -2.59. The number of nitrogens with zero attached hydrogens (tertiary/aromatic N) is 5. The minimum absolute atomic E-state index is 0.106. The number of hydrogen-bond acceptors (Lipinski definition) is 10. The highest BCUT2D eigenvalue weighted by molar-refractivity contribution is 7.93. The van der Waals surface area contributed by atoms with Crippen LogP contribution >= 0.6 is 11.6 Å². The normalized spacial score (nSPS) is 21.3. The number of rotatable bonds is 10. The summed E-state index contributed by atoms with van der Waals surface area (Å²) >= 11 is 6.61. The number of carbonyl (C=O) groups is 2. The van der Waals surface area contributed by atoms with Crippen molar-refractivity contribution >= 4 is 39.1 Å². The first kappa shape index (κ1) is 34.7. The lowest BCUT2D eigenvalue weighted by atomic mass is 9.80. The minimum atomic E-state index is -4.52. The molecule has 3 aromatic rings. The minimum Gasteiger partial charge on any atom is -0.496 e. The summed E-state index contributed by atoms with van der Waals surface area (Å²) in [6, 6.07) is 16.3. The first-order valence-corrected chi connectivity index (χ1v) is 17.8. The van der Waals surface area contributed by atoms with E-state index in [0.717, 1.165) is 17.4 Å². The van der Waals surface area contributed by atoms with E-state index >= 15 is 4.79 Å². The van der Waals surface area contributed by atoms with E-state index in [1.54, 1.807) is 43.3 Å². The fourth-order valence-electron chi connectivity index (χ4n) is 6.99. The summed E-state index contributed by atoms with van der Waals surface area (Å²) in [6.07, 6.45) is 1.04. The fraction of sp³-hybridized carbons (Fsp3) is 0.400. The summed E-state index contributed by atoms with van der Waals surface area (Å²) in [5.41, 5.74) is -0.799. The third-order valence-corrected chi connectivity index (χ3v) is 11.3. The number of benzene rings is 3. The van der Waals surface area contributed by atoms with Crippen LogP contribution in [0, 0.1) is 11.3 Å². The first-order valence-electron chi connectivity index (χ1n) is 16.0. The van der Waals surface area contributed by atoms with Crippen LogP contribution in [-0.2, 0) is 29.9 Å². The molecule has 0 saturated carbocycles. The Morgan fingerprint density at radius 1 is 1.06 bits per heavy atom. The van der Waals surface area contributed by atoms with Crippen molar-refractivity contribution in [2.75, 3.05) is 71.5 Å². The molecule has 1 unspecified atom stereocenters. The summed E-state index contributed by atoms with van der Waals surface area (Å²) in [5, 5.41) is 9.58. The van der Waals surface area contributed by atoms with E-state index in [0.29, 0.717) is 62.6 Å². The SMILES string of the molecule is COc1cc(OCCN2CCOCC2)ccc1C1(N2CCC[C@H]2C(=O)N(C)C)C(=O)N(S(=O)(=O)c2ccc(C#N)cc2)c2ccc(Cl)cc21. The van der Waals surface area contributed by atoms with Crippen molar-refractivity contribution in [3.8, 4) is 17.6 Å². The molecule has 6 rings (SSSR count). The summed E-state index contributed by atoms with van der Waals surface area (Å²) in [7, 11) is 0.252. The second kappa shape index (κ2) is 14.0. The molecule has 0 aromatic heterocycles. The number of likely N-dealkylation sites (N-methyl/N-ethyl adjacent to an activating group) is 1. The highest BCUT2D eigenvalue weighted by Crippen LogP contribution is 2.55. The van der Waals surface area contributed by atoms with Crippen LogP contribution in [0.1, 0.15) is 29.5 Å². The molecule has 3 aliphatic rings. The highest BCUT2D eigenvalue weighted by atomic mass is 35.5. The van der Waals surface area contributed by atoms with Crippen molar-refractivity contribution in [2.45, 2.75) is 29.3 Å². The van der Waals surface area contributed by atoms with Crippen molar-refractivity contribution in [3.63, 3.8) is 0 Å². The topological polar surface area (TPSA) is 133 Å². The van der Waals surface area contributed by atoms with E-state index in [-0.39, 0.29) is 32.8 Å². The van der Waals surface area contributed by atoms with Gasteiger partial charge < -0.3 is 19.1 Å². The Morgan fingerprint density at radius 2 is 1.80 bits per heavy atom. The second-order valence-corrected chi connectivity index (χ2v) is 14.6. The number of methoxy groups -OCH3 is 1. The zero-order valence-electron chi connectivity index (χ0n) is 27.6. The largest absolute Gasteiger partial charge is 0.496 e. The van der Waals surface area contributed by atoms with Crippen LogP contribution in [0.3, 0.4) is 0 Å². The maximum atomic E-state index is 15.3. The van der Waals surface area contributed by atoms with Gasteiger partial charge in [-0.3, -0.25) is 19.4 Å². The van der Waals surface area contributed by atoms with Gasteiger partial charge in [0.05, 0.1) is 48.6 Å². The Hall–Kier alpha value is -4.19. The number of anilines is 1. The van der Waals surface area contributed by atoms with Gasteiger partial charge >= 0.3 is 0 Å². The number of fused-ring (bicyclic) bond motifs is 1. The highest BCUT2D eigenvalue weighted by Gasteiger charge is 2.63. The Morgan fingerprint density at radius 3 is 2.47 bits per heavy atom. The number of sulfonamides is 1. The Kier molecular flexibility index (Phi) is 9.88. The fourth-order valence-corrected chi connectivity index (χ4v) is 8.62. The molecular weight excluding hydrogens is 670 g/mol. The molecule has 2 atom stereocenters. The number of ether oxygens (including phenoxy) is 3. The second-order valence-electron chi connectivity index (χ2n) is 12.3. The monoisotopic (exact) mass is 707 g/mol. The van der Waals surface area contributed by atoms with Gasteiger partial charge in [-0.15, -0.1) is 0 Å². The van der Waals surface area contributed by atoms with Gasteiger partial charge in [-0.2, -0.15) is 5.26 Å². The summed E-state index contributed by atoms with van der Waals surface area (Å²) in [5.74, 6) is -0.232. The third kappa shape index (κ3) is 6.13. The quantitative estimate of drug-likeness (QED) is 0.309. The van der Waals surface area contributed by atoms with Gasteiger partial charge in [-0.1, -0.05) is 11.6 Å². The molecular formula is C35H38ClN5O7S. The molecule has 2 saturated heterocycles. The van der Waals surface area contributed by atoms with E-state index < -0.39 is 27.5 Å². The number of hydrogen-bond donors (Lipinski definition) is 0. The van der Waals surface area contributed by atoms with E-state index in [9.17, 15) is 18.5 Å². The number of halogens is 1. The number of amides is 2. The average molecular weight is 708 g/mol. The number of morpholine rings is 1. The smallest absolute Gasteiger partial charge is 0.271 e. The zero-order chi connectivity index (χ0) is 34.9. The number of carbonyl (C=O) groups excluding carboxylic acids is 2. The maximum Gasteiger partial charge on any atom is 0.271 e. The molecule has 0 radical (unpaired) electrons. The first-order chi connectivity index (χ1) is 23.5. The van der Waals surface area contributed by atoms with Crippen molar-refractivity contribution in [2.24, 2.45) is 0 Å². The van der Waals surface area contributed by atoms with Crippen LogP contribution in [0.5, 0.6) is 11.5 Å². The molecule has 258 valence electrons. The van der Waals surface area contributed by atoms with Crippen LogP contribution in [0.25, 0.3) is 0 Å². The van der Waals surface area contributed by atoms with E-state index in [2.05, 4.69) is 4.90 Å². The van der Waals surface area contributed by atoms with Crippen molar-refractivity contribution < 1.29 is 32.2 Å². The van der Waals surface area contributed by atoms with Crippen LogP contribution in [0.15, 0.2) is 65.6 Å². The van der Waals surface area contributed by atoms with Gasteiger partial charge in [0.25, 0.3) is 15.9 Å². The Balaban J connectivity index is 1.52. The van der Waals surface area contributed by atoms with Gasteiger partial charge in [0.15, 0.2) is 5.54 Å². The molecule has 2 amide bonds. The molecule has 3 aliphatic heterocycles. The summed E-state index contributed by atoms with van der Waals surface area (Å²) < 4.78 is 47.2. The molecule has 0 bridgehead atoms. The molecule has 0 aliphatic carbocycles. The molecule has 0 spiro atoms. The van der Waals surface area contributed by atoms with Gasteiger partial charge in [0.1, 0.15) is 18.1 Å². The van der Waals surface area contributed by atoms with Gasteiger partial charge in [-0.25, -0.2) is 12.7 Å². The molecule has 3 aromatic carbocycles. The van der Waals surface area contributed by atoms with Gasteiger partial charge in [0.2, 0.25) is 5.91 Å². The van der Waals surface area contributed by atoms with E-state index in [1.807, 2.05) is 6.07 Å². The van der Waals surface area contributed by atoms with Crippen LogP contribution < -0.4 is 13.8 Å². The zero-order valence-corrected chi connectivity index (χ0v) is 29.2. The predicted molar refractivity (Wildman–Crippen MR) is 182 cm³/mol. The lowest BCUT2D eigenvalue weighted by Gasteiger charge is -2.42. The van der Waals surface area contributed by atoms with E-state index in [4.69, 9.17) is 25.8 Å². The summed E-state index contributed by atoms with van der Waals surface area (Å²) in [4.78, 5) is 34.4.